The molecule has 3 fully saturated rings. The molecule has 0 saturated heterocycles. The summed E-state index contributed by atoms with van der Waals surface area (Å²) in [5, 5.41) is 0. The molecule has 3 saturated carbocycles. The van der Waals surface area contributed by atoms with Gasteiger partial charge in [0.25, 0.3) is 5.91 Å². The van der Waals surface area contributed by atoms with Gasteiger partial charge < -0.3 is 4.74 Å². The van der Waals surface area contributed by atoms with Gasteiger partial charge in [-0.3, -0.25) is 9.63 Å². The molecule has 1 spiro atoms. The molecule has 4 nitrogen and oxygen atoms in total. The van der Waals surface area contributed by atoms with Crippen molar-refractivity contribution >= 4 is 5.91 Å². The standard InChI is InChI=1S/C19H24FNO3/c1-23-21-18(22)15-10-14(12-2-3-12)17(11-16(15)20)24-13-4-6-19(7-5-13)8-9-19/h10-13H,2-9H2,1H3,(H,21,22). The quantitative estimate of drug-likeness (QED) is 0.826. The van der Waals surface area contributed by atoms with Gasteiger partial charge in [0.15, 0.2) is 0 Å². The van der Waals surface area contributed by atoms with Gasteiger partial charge in [-0.25, -0.2) is 9.87 Å². The summed E-state index contributed by atoms with van der Waals surface area (Å²) in [4.78, 5) is 16.5. The van der Waals surface area contributed by atoms with Gasteiger partial charge in [0, 0.05) is 6.07 Å². The van der Waals surface area contributed by atoms with Gasteiger partial charge in [-0.05, 0) is 74.3 Å². The first-order valence-corrected chi connectivity index (χ1v) is 8.94. The number of benzene rings is 1. The Labute approximate surface area is 141 Å². The van der Waals surface area contributed by atoms with E-state index < -0.39 is 11.7 Å². The summed E-state index contributed by atoms with van der Waals surface area (Å²) >= 11 is 0. The Morgan fingerprint density at radius 1 is 1.17 bits per heavy atom. The van der Waals surface area contributed by atoms with E-state index in [2.05, 4.69) is 10.3 Å². The van der Waals surface area contributed by atoms with Crippen LogP contribution < -0.4 is 10.2 Å². The maximum atomic E-state index is 14.4. The third kappa shape index (κ3) is 3.14. The van der Waals surface area contributed by atoms with Gasteiger partial charge >= 0.3 is 0 Å². The van der Waals surface area contributed by atoms with Crippen LogP contribution in [0.2, 0.25) is 0 Å². The fraction of sp³-hybridized carbons (Fsp3) is 0.632. The van der Waals surface area contributed by atoms with Gasteiger partial charge in [-0.1, -0.05) is 0 Å². The van der Waals surface area contributed by atoms with Crippen LogP contribution in [0.25, 0.3) is 0 Å². The maximum absolute atomic E-state index is 14.4. The molecule has 3 aliphatic carbocycles. The molecule has 0 atom stereocenters. The van der Waals surface area contributed by atoms with Crippen molar-refractivity contribution in [3.63, 3.8) is 0 Å². The van der Waals surface area contributed by atoms with E-state index in [1.165, 1.54) is 38.9 Å². The topological polar surface area (TPSA) is 47.6 Å². The van der Waals surface area contributed by atoms with Crippen molar-refractivity contribution in [3.05, 3.63) is 29.1 Å². The van der Waals surface area contributed by atoms with Gasteiger partial charge in [0.2, 0.25) is 0 Å². The number of rotatable bonds is 5. The molecule has 1 aromatic rings. The summed E-state index contributed by atoms with van der Waals surface area (Å²) in [7, 11) is 1.34. The highest BCUT2D eigenvalue weighted by molar-refractivity contribution is 5.94. The number of amides is 1. The average molecular weight is 333 g/mol. The van der Waals surface area contributed by atoms with Gasteiger partial charge in [-0.2, -0.15) is 0 Å². The molecule has 0 aromatic heterocycles. The number of carbonyl (C=O) groups excluding carboxylic acids is 1. The van der Waals surface area contributed by atoms with Crippen molar-refractivity contribution in [3.8, 4) is 5.75 Å². The van der Waals surface area contributed by atoms with Crippen LogP contribution in [-0.2, 0) is 4.84 Å². The molecule has 5 heteroatoms. The third-order valence-electron chi connectivity index (χ3n) is 5.80. The summed E-state index contributed by atoms with van der Waals surface area (Å²) in [5.41, 5.74) is 3.79. The number of hydrogen-bond donors (Lipinski definition) is 1. The first kappa shape index (κ1) is 15.9. The summed E-state index contributed by atoms with van der Waals surface area (Å²) < 4.78 is 20.6. The number of halogens is 1. The Balaban J connectivity index is 1.53. The summed E-state index contributed by atoms with van der Waals surface area (Å²) in [5.74, 6) is -0.107. The predicted octanol–water partition coefficient (Wildman–Crippen LogP) is 4.10. The Hall–Kier alpha value is -1.62. The number of hydrogen-bond acceptors (Lipinski definition) is 3. The Morgan fingerprint density at radius 2 is 1.88 bits per heavy atom. The number of nitrogens with one attached hydrogen (secondary N) is 1. The SMILES string of the molecule is CONC(=O)c1cc(C2CC2)c(OC2CCC3(CC2)CC3)cc1F. The second-order valence-electron chi connectivity index (χ2n) is 7.60. The minimum absolute atomic E-state index is 0.0201. The lowest BCUT2D eigenvalue weighted by Crippen LogP contribution is -2.26. The Bertz CT molecular complexity index is 642. The van der Waals surface area contributed by atoms with Crippen molar-refractivity contribution in [2.45, 2.75) is 63.4 Å². The molecule has 0 aliphatic heterocycles. The van der Waals surface area contributed by atoms with Crippen LogP contribution in [0.3, 0.4) is 0 Å². The molecule has 0 unspecified atom stereocenters. The smallest absolute Gasteiger partial charge is 0.277 e. The van der Waals surface area contributed by atoms with Gasteiger partial charge in [-0.15, -0.1) is 0 Å². The van der Waals surface area contributed by atoms with Crippen LogP contribution in [0.4, 0.5) is 4.39 Å². The van der Waals surface area contributed by atoms with Gasteiger partial charge in [0.1, 0.15) is 11.6 Å². The molecule has 1 N–H and O–H groups in total. The highest BCUT2D eigenvalue weighted by Crippen LogP contribution is 2.56. The second-order valence-corrected chi connectivity index (χ2v) is 7.60. The fourth-order valence-electron chi connectivity index (χ4n) is 3.89. The fourth-order valence-corrected chi connectivity index (χ4v) is 3.89. The van der Waals surface area contributed by atoms with E-state index in [1.54, 1.807) is 6.07 Å². The van der Waals surface area contributed by atoms with E-state index in [0.29, 0.717) is 17.1 Å². The normalized spacial score (nSPS) is 22.4. The second kappa shape index (κ2) is 6.03. The van der Waals surface area contributed by atoms with E-state index in [9.17, 15) is 9.18 Å². The highest BCUT2D eigenvalue weighted by Gasteiger charge is 2.45. The molecule has 24 heavy (non-hydrogen) atoms. The largest absolute Gasteiger partial charge is 0.490 e. The molecule has 0 heterocycles. The first-order chi connectivity index (χ1) is 11.6. The Kier molecular flexibility index (Phi) is 3.99. The first-order valence-electron chi connectivity index (χ1n) is 8.94. The molecule has 1 amide bonds. The maximum Gasteiger partial charge on any atom is 0.277 e. The van der Waals surface area contributed by atoms with Crippen LogP contribution >= 0.6 is 0 Å². The molecule has 130 valence electrons. The van der Waals surface area contributed by atoms with E-state index in [-0.39, 0.29) is 11.7 Å². The molecular weight excluding hydrogens is 309 g/mol. The highest BCUT2D eigenvalue weighted by atomic mass is 19.1. The summed E-state index contributed by atoms with van der Waals surface area (Å²) in [6.45, 7) is 0. The molecule has 3 aliphatic rings. The lowest BCUT2D eigenvalue weighted by molar-refractivity contribution is 0.0533. The molecule has 0 radical (unpaired) electrons. The Morgan fingerprint density at radius 3 is 2.46 bits per heavy atom. The minimum atomic E-state index is -0.559. The van der Waals surface area contributed by atoms with Crippen LogP contribution in [0.1, 0.15) is 73.2 Å². The van der Waals surface area contributed by atoms with Crippen molar-refractivity contribution in [1.29, 1.82) is 0 Å². The zero-order valence-electron chi connectivity index (χ0n) is 14.1. The number of hydroxylamine groups is 1. The van der Waals surface area contributed by atoms with Crippen molar-refractivity contribution < 1.29 is 18.8 Å². The summed E-state index contributed by atoms with van der Waals surface area (Å²) in [6.07, 6.45) is 9.61. The third-order valence-corrected chi connectivity index (χ3v) is 5.80. The lowest BCUT2D eigenvalue weighted by atomic mass is 9.84. The summed E-state index contributed by atoms with van der Waals surface area (Å²) in [6, 6.07) is 3.03. The molecular formula is C19H24FNO3. The molecule has 1 aromatic carbocycles. The lowest BCUT2D eigenvalue weighted by Gasteiger charge is -2.29. The van der Waals surface area contributed by atoms with Crippen LogP contribution in [0, 0.1) is 11.2 Å². The van der Waals surface area contributed by atoms with Gasteiger partial charge in [0.05, 0.1) is 18.8 Å². The molecule has 0 bridgehead atoms. The minimum Gasteiger partial charge on any atom is -0.490 e. The zero-order valence-corrected chi connectivity index (χ0v) is 14.1. The predicted molar refractivity (Wildman–Crippen MR) is 87.4 cm³/mol. The van der Waals surface area contributed by atoms with E-state index >= 15 is 0 Å². The van der Waals surface area contributed by atoms with Crippen molar-refractivity contribution in [2.75, 3.05) is 7.11 Å². The van der Waals surface area contributed by atoms with Crippen LogP contribution in [-0.4, -0.2) is 19.1 Å². The number of ether oxygens (including phenoxy) is 1. The average Bonchev–Trinajstić information content (AvgIpc) is 3.47. The van der Waals surface area contributed by atoms with E-state index in [4.69, 9.17) is 4.74 Å². The van der Waals surface area contributed by atoms with Crippen molar-refractivity contribution in [1.82, 2.24) is 5.48 Å². The van der Waals surface area contributed by atoms with Crippen LogP contribution in [0.15, 0.2) is 12.1 Å². The van der Waals surface area contributed by atoms with E-state index in [0.717, 1.165) is 31.2 Å². The van der Waals surface area contributed by atoms with Crippen LogP contribution in [0.5, 0.6) is 5.75 Å². The monoisotopic (exact) mass is 333 g/mol. The molecule has 4 rings (SSSR count). The number of carbonyl (C=O) groups is 1. The van der Waals surface area contributed by atoms with E-state index in [1.807, 2.05) is 0 Å². The van der Waals surface area contributed by atoms with Crippen molar-refractivity contribution in [2.24, 2.45) is 5.41 Å². The zero-order chi connectivity index (χ0) is 16.7.